The third-order valence-electron chi connectivity index (χ3n) is 4.08. The highest BCUT2D eigenvalue weighted by atomic mass is 127. The van der Waals surface area contributed by atoms with Gasteiger partial charge in [-0.1, -0.05) is 13.3 Å². The molecule has 6 nitrogen and oxygen atoms in total. The molecule has 0 heterocycles. The summed E-state index contributed by atoms with van der Waals surface area (Å²) >= 11 is 0. The van der Waals surface area contributed by atoms with Crippen molar-refractivity contribution in [2.75, 3.05) is 60.7 Å². The zero-order chi connectivity index (χ0) is 16.9. The fourth-order valence-electron chi connectivity index (χ4n) is 2.48. The van der Waals surface area contributed by atoms with Crippen molar-refractivity contribution in [1.82, 2.24) is 15.5 Å². The Balaban J connectivity index is 0.00000529. The Morgan fingerprint density at radius 2 is 1.79 bits per heavy atom. The van der Waals surface area contributed by atoms with Crippen LogP contribution in [0.25, 0.3) is 0 Å². The molecule has 7 heteroatoms. The van der Waals surface area contributed by atoms with E-state index in [1.54, 1.807) is 7.05 Å². The molecule has 1 fully saturated rings. The molecule has 0 spiro atoms. The van der Waals surface area contributed by atoms with Crippen molar-refractivity contribution in [2.45, 2.75) is 38.6 Å². The van der Waals surface area contributed by atoms with E-state index in [4.69, 9.17) is 9.47 Å². The standard InChI is InChI=1S/C17H36N4O2.HI/c1-5-6-10-22-12-13-23-11-9-19-17(18-2)20-14-16(21(3)4)15-7-8-15;/h15-16H,5-14H2,1-4H3,(H2,18,19,20);1H. The van der Waals surface area contributed by atoms with Gasteiger partial charge in [0.05, 0.1) is 19.8 Å². The summed E-state index contributed by atoms with van der Waals surface area (Å²) < 4.78 is 11.0. The second kappa shape index (κ2) is 15.2. The van der Waals surface area contributed by atoms with Gasteiger partial charge in [-0.05, 0) is 39.3 Å². The minimum atomic E-state index is 0. The Kier molecular flexibility index (Phi) is 15.1. The monoisotopic (exact) mass is 456 g/mol. The molecule has 0 aromatic carbocycles. The average Bonchev–Trinajstić information content (AvgIpc) is 3.36. The lowest BCUT2D eigenvalue weighted by Crippen LogP contribution is -2.46. The minimum absolute atomic E-state index is 0. The van der Waals surface area contributed by atoms with E-state index >= 15 is 0 Å². The summed E-state index contributed by atoms with van der Waals surface area (Å²) in [5.74, 6) is 1.69. The molecule has 1 saturated carbocycles. The van der Waals surface area contributed by atoms with E-state index in [2.05, 4.69) is 41.5 Å². The van der Waals surface area contributed by atoms with Crippen LogP contribution in [0.3, 0.4) is 0 Å². The zero-order valence-electron chi connectivity index (χ0n) is 15.8. The second-order valence-corrected chi connectivity index (χ2v) is 6.33. The number of halogens is 1. The predicted molar refractivity (Wildman–Crippen MR) is 112 cm³/mol. The summed E-state index contributed by atoms with van der Waals surface area (Å²) in [5.41, 5.74) is 0. The maximum Gasteiger partial charge on any atom is 0.191 e. The van der Waals surface area contributed by atoms with Gasteiger partial charge < -0.3 is 25.0 Å². The SMILES string of the molecule is CCCCOCCOCCNC(=NC)NCC(C1CC1)N(C)C.I. The molecule has 0 aromatic rings. The van der Waals surface area contributed by atoms with Crippen LogP contribution in [0.2, 0.25) is 0 Å². The normalized spacial score (nSPS) is 16.0. The quantitative estimate of drug-likeness (QED) is 0.192. The van der Waals surface area contributed by atoms with E-state index < -0.39 is 0 Å². The van der Waals surface area contributed by atoms with Crippen molar-refractivity contribution in [3.05, 3.63) is 0 Å². The van der Waals surface area contributed by atoms with Gasteiger partial charge in [0.2, 0.25) is 0 Å². The summed E-state index contributed by atoms with van der Waals surface area (Å²) in [4.78, 5) is 6.57. The van der Waals surface area contributed by atoms with E-state index in [0.717, 1.165) is 38.0 Å². The first-order valence-electron chi connectivity index (χ1n) is 8.95. The first-order valence-corrected chi connectivity index (χ1v) is 8.95. The lowest BCUT2D eigenvalue weighted by atomic mass is 10.1. The molecule has 0 aromatic heterocycles. The smallest absolute Gasteiger partial charge is 0.191 e. The van der Waals surface area contributed by atoms with E-state index in [0.29, 0.717) is 25.9 Å². The highest BCUT2D eigenvalue weighted by molar-refractivity contribution is 14.0. The maximum atomic E-state index is 5.54. The Labute approximate surface area is 165 Å². The van der Waals surface area contributed by atoms with Crippen molar-refractivity contribution in [1.29, 1.82) is 0 Å². The topological polar surface area (TPSA) is 58.1 Å². The largest absolute Gasteiger partial charge is 0.379 e. The number of aliphatic imine (C=N–C) groups is 1. The third-order valence-corrected chi connectivity index (χ3v) is 4.08. The number of ether oxygens (including phenoxy) is 2. The third kappa shape index (κ3) is 11.4. The molecule has 24 heavy (non-hydrogen) atoms. The molecule has 0 bridgehead atoms. The number of hydrogen-bond donors (Lipinski definition) is 2. The molecule has 0 saturated heterocycles. The second-order valence-electron chi connectivity index (χ2n) is 6.33. The maximum absolute atomic E-state index is 5.54. The van der Waals surface area contributed by atoms with Crippen LogP contribution in [-0.4, -0.2) is 77.6 Å². The molecule has 1 rings (SSSR count). The van der Waals surface area contributed by atoms with E-state index in [1.807, 2.05) is 0 Å². The fourth-order valence-corrected chi connectivity index (χ4v) is 2.48. The summed E-state index contributed by atoms with van der Waals surface area (Å²) in [5, 5.41) is 6.70. The predicted octanol–water partition coefficient (Wildman–Crippen LogP) is 1.94. The molecule has 1 aliphatic rings. The minimum Gasteiger partial charge on any atom is -0.379 e. The van der Waals surface area contributed by atoms with Crippen LogP contribution in [-0.2, 0) is 9.47 Å². The van der Waals surface area contributed by atoms with Gasteiger partial charge >= 0.3 is 0 Å². The number of hydrogen-bond acceptors (Lipinski definition) is 4. The Hall–Kier alpha value is -0.120. The lowest BCUT2D eigenvalue weighted by Gasteiger charge is -2.25. The van der Waals surface area contributed by atoms with E-state index in [9.17, 15) is 0 Å². The first-order chi connectivity index (χ1) is 11.2. The van der Waals surface area contributed by atoms with Crippen LogP contribution in [0.15, 0.2) is 4.99 Å². The number of nitrogens with zero attached hydrogens (tertiary/aromatic N) is 2. The molecule has 0 radical (unpaired) electrons. The first kappa shape index (κ1) is 23.9. The van der Waals surface area contributed by atoms with Crippen molar-refractivity contribution in [2.24, 2.45) is 10.9 Å². The molecule has 1 aliphatic carbocycles. The summed E-state index contributed by atoms with van der Waals surface area (Å²) in [6.45, 7) is 6.69. The Bertz CT molecular complexity index is 324. The van der Waals surface area contributed by atoms with Crippen LogP contribution < -0.4 is 10.6 Å². The van der Waals surface area contributed by atoms with Crippen molar-refractivity contribution < 1.29 is 9.47 Å². The van der Waals surface area contributed by atoms with E-state index in [-0.39, 0.29) is 24.0 Å². The van der Waals surface area contributed by atoms with Gasteiger partial charge in [-0.15, -0.1) is 24.0 Å². The zero-order valence-corrected chi connectivity index (χ0v) is 18.2. The van der Waals surface area contributed by atoms with Crippen molar-refractivity contribution >= 4 is 29.9 Å². The molecule has 0 amide bonds. The van der Waals surface area contributed by atoms with Crippen LogP contribution in [0.1, 0.15) is 32.6 Å². The summed E-state index contributed by atoms with van der Waals surface area (Å²) in [6, 6.07) is 0.588. The molecular weight excluding hydrogens is 419 g/mol. The van der Waals surface area contributed by atoms with Crippen LogP contribution >= 0.6 is 24.0 Å². The van der Waals surface area contributed by atoms with Gasteiger partial charge in [0, 0.05) is 32.8 Å². The van der Waals surface area contributed by atoms with Gasteiger partial charge in [-0.3, -0.25) is 4.99 Å². The molecular formula is C17H37IN4O2. The van der Waals surface area contributed by atoms with Gasteiger partial charge in [-0.25, -0.2) is 0 Å². The fraction of sp³-hybridized carbons (Fsp3) is 0.941. The molecule has 144 valence electrons. The number of likely N-dealkylation sites (N-methyl/N-ethyl adjacent to an activating group) is 1. The molecule has 1 unspecified atom stereocenters. The number of unbranched alkanes of at least 4 members (excludes halogenated alkanes) is 1. The van der Waals surface area contributed by atoms with Crippen LogP contribution in [0, 0.1) is 5.92 Å². The number of rotatable bonds is 13. The van der Waals surface area contributed by atoms with Crippen molar-refractivity contribution in [3.8, 4) is 0 Å². The number of guanidine groups is 1. The van der Waals surface area contributed by atoms with Crippen LogP contribution in [0.5, 0.6) is 0 Å². The highest BCUT2D eigenvalue weighted by Crippen LogP contribution is 2.34. The molecule has 2 N–H and O–H groups in total. The molecule has 0 aliphatic heterocycles. The van der Waals surface area contributed by atoms with Gasteiger partial charge in [0.1, 0.15) is 0 Å². The lowest BCUT2D eigenvalue weighted by molar-refractivity contribution is 0.0487. The van der Waals surface area contributed by atoms with Gasteiger partial charge in [-0.2, -0.15) is 0 Å². The van der Waals surface area contributed by atoms with Gasteiger partial charge in [0.25, 0.3) is 0 Å². The summed E-state index contributed by atoms with van der Waals surface area (Å²) in [6.07, 6.45) is 5.00. The number of nitrogens with one attached hydrogen (secondary N) is 2. The van der Waals surface area contributed by atoms with Crippen LogP contribution in [0.4, 0.5) is 0 Å². The Morgan fingerprint density at radius 3 is 2.33 bits per heavy atom. The highest BCUT2D eigenvalue weighted by Gasteiger charge is 2.32. The van der Waals surface area contributed by atoms with E-state index in [1.165, 1.54) is 19.3 Å². The average molecular weight is 456 g/mol. The molecule has 1 atom stereocenters. The van der Waals surface area contributed by atoms with Gasteiger partial charge in [0.15, 0.2) is 5.96 Å². The Morgan fingerprint density at radius 1 is 1.12 bits per heavy atom. The van der Waals surface area contributed by atoms with Crippen molar-refractivity contribution in [3.63, 3.8) is 0 Å². The summed E-state index contributed by atoms with van der Waals surface area (Å²) in [7, 11) is 6.11.